The minimum absolute atomic E-state index is 0.0586. The van der Waals surface area contributed by atoms with Gasteiger partial charge in [0.05, 0.1) is 16.1 Å². The molecule has 1 amide bonds. The van der Waals surface area contributed by atoms with E-state index in [1.54, 1.807) is 0 Å². The zero-order chi connectivity index (χ0) is 19.0. The predicted octanol–water partition coefficient (Wildman–Crippen LogP) is 6.56. The van der Waals surface area contributed by atoms with Crippen molar-refractivity contribution in [1.82, 2.24) is 0 Å². The predicted molar refractivity (Wildman–Crippen MR) is 113 cm³/mol. The van der Waals surface area contributed by atoms with Crippen LogP contribution in [0.4, 0.5) is 11.4 Å². The maximum absolute atomic E-state index is 11.9. The molecule has 5 heteroatoms. The fraction of sp³-hybridized carbons (Fsp3) is 0.318. The van der Waals surface area contributed by atoms with Crippen molar-refractivity contribution in [3.05, 3.63) is 69.7 Å². The quantitative estimate of drug-likeness (QED) is 0.570. The van der Waals surface area contributed by atoms with Crippen LogP contribution in [0.1, 0.15) is 49.3 Å². The number of fused-ring (bicyclic) bond motifs is 3. The molecule has 2 N–H and O–H groups in total. The van der Waals surface area contributed by atoms with Crippen molar-refractivity contribution in [3.8, 4) is 0 Å². The van der Waals surface area contributed by atoms with Crippen molar-refractivity contribution in [2.24, 2.45) is 5.92 Å². The molecule has 0 bridgehead atoms. The average molecular weight is 401 g/mol. The minimum Gasteiger partial charge on any atom is -0.378 e. The van der Waals surface area contributed by atoms with Crippen LogP contribution in [-0.2, 0) is 4.79 Å². The number of carbonyl (C=O) groups excluding carboxylic acids is 1. The maximum Gasteiger partial charge on any atom is 0.224 e. The van der Waals surface area contributed by atoms with Crippen LogP contribution in [0.5, 0.6) is 0 Å². The molecule has 1 aliphatic carbocycles. The average Bonchev–Trinajstić information content (AvgIpc) is 3.14. The first-order valence-electron chi connectivity index (χ1n) is 9.39. The largest absolute Gasteiger partial charge is 0.378 e. The molecule has 0 saturated carbocycles. The van der Waals surface area contributed by atoms with Gasteiger partial charge in [-0.25, -0.2) is 0 Å². The highest BCUT2D eigenvalue weighted by Gasteiger charge is 2.38. The molecule has 3 nitrogen and oxygen atoms in total. The van der Waals surface area contributed by atoms with E-state index in [0.717, 1.165) is 29.8 Å². The van der Waals surface area contributed by atoms with Gasteiger partial charge < -0.3 is 10.6 Å². The van der Waals surface area contributed by atoms with Gasteiger partial charge in [-0.1, -0.05) is 54.4 Å². The molecule has 2 aromatic carbocycles. The van der Waals surface area contributed by atoms with Gasteiger partial charge in [0.1, 0.15) is 0 Å². The lowest BCUT2D eigenvalue weighted by molar-refractivity contribution is -0.116. The van der Waals surface area contributed by atoms with Gasteiger partial charge in [-0.15, -0.1) is 0 Å². The van der Waals surface area contributed by atoms with Crippen molar-refractivity contribution >= 4 is 40.5 Å². The number of allylic oxidation sites excluding steroid dienone is 2. The lowest BCUT2D eigenvalue weighted by Crippen LogP contribution is -2.29. The highest BCUT2D eigenvalue weighted by molar-refractivity contribution is 6.42. The fourth-order valence-corrected chi connectivity index (χ4v) is 4.62. The summed E-state index contributed by atoms with van der Waals surface area (Å²) in [5.41, 5.74) is 4.19. The summed E-state index contributed by atoms with van der Waals surface area (Å²) in [4.78, 5) is 11.9. The summed E-state index contributed by atoms with van der Waals surface area (Å²) >= 11 is 12.8. The number of hydrogen-bond donors (Lipinski definition) is 2. The van der Waals surface area contributed by atoms with E-state index in [9.17, 15) is 4.79 Å². The van der Waals surface area contributed by atoms with Gasteiger partial charge in [0.25, 0.3) is 0 Å². The maximum atomic E-state index is 11.9. The van der Waals surface area contributed by atoms with E-state index in [0.29, 0.717) is 28.3 Å². The van der Waals surface area contributed by atoms with E-state index in [1.165, 1.54) is 5.56 Å². The standard InChI is InChI=1S/C22H22Cl2N2O/c1-2-5-20(27)25-13-10-11-19-17(12-13)14-6-3-7-15(14)22(26-19)16-8-4-9-18(23)21(16)24/h3-4,6,8-12,14-15,22,26H,2,5,7H2,1H3,(H,25,27). The summed E-state index contributed by atoms with van der Waals surface area (Å²) in [6.45, 7) is 2.01. The molecule has 0 saturated heterocycles. The third kappa shape index (κ3) is 3.46. The van der Waals surface area contributed by atoms with Crippen LogP contribution in [0.3, 0.4) is 0 Å². The van der Waals surface area contributed by atoms with Crippen LogP contribution in [-0.4, -0.2) is 5.91 Å². The van der Waals surface area contributed by atoms with Gasteiger partial charge in [0.2, 0.25) is 5.91 Å². The number of halogens is 2. The van der Waals surface area contributed by atoms with Gasteiger partial charge >= 0.3 is 0 Å². The van der Waals surface area contributed by atoms with Gasteiger partial charge in [-0.3, -0.25) is 4.79 Å². The van der Waals surface area contributed by atoms with Crippen LogP contribution < -0.4 is 10.6 Å². The Labute approximate surface area is 169 Å². The van der Waals surface area contributed by atoms with Crippen molar-refractivity contribution < 1.29 is 4.79 Å². The number of carbonyl (C=O) groups is 1. The normalized spacial score (nSPS) is 22.7. The third-order valence-electron chi connectivity index (χ3n) is 5.44. The Hall–Kier alpha value is -1.97. The SMILES string of the molecule is CCCC(=O)Nc1ccc2c(c1)C1C=CCC1C(c1cccc(Cl)c1Cl)N2. The first-order chi connectivity index (χ1) is 13.1. The lowest BCUT2D eigenvalue weighted by atomic mass is 9.77. The number of benzene rings is 2. The number of nitrogens with one attached hydrogen (secondary N) is 2. The monoisotopic (exact) mass is 400 g/mol. The van der Waals surface area contributed by atoms with E-state index in [1.807, 2.05) is 37.3 Å². The molecule has 1 heterocycles. The second-order valence-corrected chi connectivity index (χ2v) is 8.00. The van der Waals surface area contributed by atoms with Gasteiger partial charge in [-0.05, 0) is 54.2 Å². The fourth-order valence-electron chi connectivity index (χ4n) is 4.19. The molecule has 1 aliphatic heterocycles. The Morgan fingerprint density at radius 3 is 2.89 bits per heavy atom. The van der Waals surface area contributed by atoms with E-state index < -0.39 is 0 Å². The van der Waals surface area contributed by atoms with Crippen molar-refractivity contribution in [2.45, 2.75) is 38.1 Å². The number of amides is 1. The van der Waals surface area contributed by atoms with E-state index in [-0.39, 0.29) is 11.9 Å². The molecular formula is C22H22Cl2N2O. The Bertz CT molecular complexity index is 909. The summed E-state index contributed by atoms with van der Waals surface area (Å²) in [7, 11) is 0. The van der Waals surface area contributed by atoms with E-state index in [2.05, 4.69) is 28.9 Å². The van der Waals surface area contributed by atoms with Gasteiger partial charge in [-0.2, -0.15) is 0 Å². The molecule has 4 rings (SSSR count). The zero-order valence-corrected chi connectivity index (χ0v) is 16.6. The Morgan fingerprint density at radius 2 is 2.07 bits per heavy atom. The van der Waals surface area contributed by atoms with Gasteiger partial charge in [0.15, 0.2) is 0 Å². The van der Waals surface area contributed by atoms with Gasteiger partial charge in [0, 0.05) is 23.7 Å². The molecule has 3 unspecified atom stereocenters. The zero-order valence-electron chi connectivity index (χ0n) is 15.1. The van der Waals surface area contributed by atoms with Crippen molar-refractivity contribution in [3.63, 3.8) is 0 Å². The minimum atomic E-state index is 0.0586. The number of anilines is 2. The first kappa shape index (κ1) is 18.4. The van der Waals surface area contributed by atoms with Crippen LogP contribution in [0.15, 0.2) is 48.6 Å². The van der Waals surface area contributed by atoms with Crippen LogP contribution >= 0.6 is 23.2 Å². The Morgan fingerprint density at radius 1 is 1.22 bits per heavy atom. The summed E-state index contributed by atoms with van der Waals surface area (Å²) < 4.78 is 0. The Kier molecular flexibility index (Phi) is 5.16. The second kappa shape index (κ2) is 7.57. The van der Waals surface area contributed by atoms with E-state index in [4.69, 9.17) is 23.2 Å². The van der Waals surface area contributed by atoms with E-state index >= 15 is 0 Å². The molecule has 2 aromatic rings. The molecule has 0 fully saturated rings. The molecule has 2 aliphatic rings. The van der Waals surface area contributed by atoms with Crippen LogP contribution in [0.2, 0.25) is 10.0 Å². The summed E-state index contributed by atoms with van der Waals surface area (Å²) in [6.07, 6.45) is 6.87. The molecule has 0 radical (unpaired) electrons. The molecule has 3 atom stereocenters. The molecular weight excluding hydrogens is 379 g/mol. The van der Waals surface area contributed by atoms with Crippen molar-refractivity contribution in [2.75, 3.05) is 10.6 Å². The first-order valence-corrected chi connectivity index (χ1v) is 10.1. The molecule has 140 valence electrons. The van der Waals surface area contributed by atoms with Crippen LogP contribution in [0.25, 0.3) is 0 Å². The summed E-state index contributed by atoms with van der Waals surface area (Å²) in [5, 5.41) is 7.87. The third-order valence-corrected chi connectivity index (χ3v) is 6.27. The highest BCUT2D eigenvalue weighted by atomic mass is 35.5. The lowest BCUT2D eigenvalue weighted by Gasteiger charge is -2.38. The number of hydrogen-bond acceptors (Lipinski definition) is 2. The van der Waals surface area contributed by atoms with Crippen LogP contribution in [0, 0.1) is 5.92 Å². The number of rotatable bonds is 4. The summed E-state index contributed by atoms with van der Waals surface area (Å²) in [6, 6.07) is 12.0. The topological polar surface area (TPSA) is 41.1 Å². The highest BCUT2D eigenvalue weighted by Crippen LogP contribution is 2.51. The Balaban J connectivity index is 1.68. The molecule has 0 aromatic heterocycles. The summed E-state index contributed by atoms with van der Waals surface area (Å²) in [5.74, 6) is 0.725. The smallest absolute Gasteiger partial charge is 0.224 e. The molecule has 27 heavy (non-hydrogen) atoms. The second-order valence-electron chi connectivity index (χ2n) is 7.22. The van der Waals surface area contributed by atoms with Crippen molar-refractivity contribution in [1.29, 1.82) is 0 Å². The molecule has 0 spiro atoms.